The molecule has 1 saturated heterocycles. The third-order valence-electron chi connectivity index (χ3n) is 2.85. The summed E-state index contributed by atoms with van der Waals surface area (Å²) in [5.41, 5.74) is 0.825. The van der Waals surface area contributed by atoms with Gasteiger partial charge in [-0.1, -0.05) is 6.92 Å². The first-order valence-electron chi connectivity index (χ1n) is 5.04. The van der Waals surface area contributed by atoms with Crippen LogP contribution in [0, 0.1) is 11.8 Å². The Morgan fingerprint density at radius 3 is 2.67 bits per heavy atom. The molecule has 84 valence electrons. The van der Waals surface area contributed by atoms with E-state index in [1.54, 1.807) is 0 Å². The van der Waals surface area contributed by atoms with Crippen LogP contribution < -0.4 is 0 Å². The summed E-state index contributed by atoms with van der Waals surface area (Å²) in [4.78, 5) is 20.6. The van der Waals surface area contributed by atoms with Crippen molar-refractivity contribution >= 4 is 5.97 Å². The van der Waals surface area contributed by atoms with E-state index in [4.69, 9.17) is 19.6 Å². The molecule has 0 spiro atoms. The third-order valence-corrected chi connectivity index (χ3v) is 2.85. The van der Waals surface area contributed by atoms with Gasteiger partial charge in [-0.2, -0.15) is 0 Å². The third kappa shape index (κ3) is 1.98. The lowest BCUT2D eigenvalue weighted by Gasteiger charge is -2.27. The molecule has 0 radical (unpaired) electrons. The van der Waals surface area contributed by atoms with Gasteiger partial charge in [0.2, 0.25) is 5.76 Å². The molecule has 0 aliphatic carbocycles. The van der Waals surface area contributed by atoms with Crippen LogP contribution in [0.25, 0.3) is 0 Å². The van der Waals surface area contributed by atoms with Gasteiger partial charge >= 0.3 is 5.97 Å². The predicted octanol–water partition coefficient (Wildman–Crippen LogP) is 0.960. The summed E-state index contributed by atoms with van der Waals surface area (Å²) >= 11 is 0. The van der Waals surface area contributed by atoms with Crippen LogP contribution in [-0.2, 0) is 19.3 Å². The van der Waals surface area contributed by atoms with Crippen LogP contribution >= 0.6 is 0 Å². The lowest BCUT2D eigenvalue weighted by Crippen LogP contribution is -2.26. The van der Waals surface area contributed by atoms with E-state index in [2.05, 4.69) is 0 Å². The van der Waals surface area contributed by atoms with Crippen molar-refractivity contribution in [1.82, 2.24) is 0 Å². The maximum atomic E-state index is 11.0. The lowest BCUT2D eigenvalue weighted by molar-refractivity contribution is -0.248. The molecule has 1 N–H and O–H groups in total. The Morgan fingerprint density at radius 2 is 2.07 bits per heavy atom. The first-order chi connectivity index (χ1) is 7.20. The molecule has 0 aromatic rings. The minimum atomic E-state index is -0.997. The van der Waals surface area contributed by atoms with Crippen LogP contribution in [0.15, 0.2) is 11.3 Å². The summed E-state index contributed by atoms with van der Waals surface area (Å²) in [6, 6.07) is 0. The van der Waals surface area contributed by atoms with Crippen LogP contribution in [0.4, 0.5) is 0 Å². The van der Waals surface area contributed by atoms with Gasteiger partial charge in [0.25, 0.3) is 0 Å². The van der Waals surface area contributed by atoms with E-state index in [9.17, 15) is 4.79 Å². The van der Waals surface area contributed by atoms with Crippen LogP contribution in [0.3, 0.4) is 0 Å². The fourth-order valence-corrected chi connectivity index (χ4v) is 2.06. The van der Waals surface area contributed by atoms with Crippen LogP contribution in [0.1, 0.15) is 13.3 Å². The van der Waals surface area contributed by atoms with Gasteiger partial charge in [-0.25, -0.2) is 14.6 Å². The van der Waals surface area contributed by atoms with Crippen molar-refractivity contribution in [2.24, 2.45) is 11.8 Å². The highest BCUT2D eigenvalue weighted by Crippen LogP contribution is 2.33. The molecule has 2 aliphatic rings. The van der Waals surface area contributed by atoms with E-state index in [0.29, 0.717) is 19.8 Å². The van der Waals surface area contributed by atoms with Crippen LogP contribution in [0.5, 0.6) is 0 Å². The Balaban J connectivity index is 2.30. The van der Waals surface area contributed by atoms with Gasteiger partial charge < -0.3 is 9.84 Å². The Hall–Kier alpha value is -1.07. The van der Waals surface area contributed by atoms with Crippen molar-refractivity contribution in [3.63, 3.8) is 0 Å². The molecule has 2 aliphatic heterocycles. The molecular formula is C10H14O5. The second-order valence-corrected chi connectivity index (χ2v) is 3.89. The molecule has 0 amide bonds. The number of hydrogen-bond acceptors (Lipinski definition) is 4. The van der Waals surface area contributed by atoms with Crippen LogP contribution in [-0.4, -0.2) is 30.9 Å². The number of rotatable bonds is 2. The summed E-state index contributed by atoms with van der Waals surface area (Å²) < 4.78 is 5.20. The Kier molecular flexibility index (Phi) is 2.93. The quantitative estimate of drug-likeness (QED) is 0.693. The fraction of sp³-hybridized carbons (Fsp3) is 0.700. The molecule has 0 aromatic carbocycles. The van der Waals surface area contributed by atoms with E-state index in [-0.39, 0.29) is 17.6 Å². The van der Waals surface area contributed by atoms with Gasteiger partial charge in [0.15, 0.2) is 0 Å². The van der Waals surface area contributed by atoms with E-state index in [1.165, 1.54) is 0 Å². The van der Waals surface area contributed by atoms with Gasteiger partial charge in [0.05, 0.1) is 19.8 Å². The maximum Gasteiger partial charge on any atom is 0.371 e. The van der Waals surface area contributed by atoms with Crippen molar-refractivity contribution in [2.45, 2.75) is 13.3 Å². The number of aliphatic carboxylic acids is 1. The molecule has 0 aromatic heterocycles. The minimum absolute atomic E-state index is 0.0198. The SMILES string of the molecule is CC1CCOC(C(=O)O)=C1C1COOC1. The zero-order valence-electron chi connectivity index (χ0n) is 8.56. The molecule has 1 fully saturated rings. The Labute approximate surface area is 87.5 Å². The standard InChI is InChI=1S/C10H14O5/c1-6-2-3-13-9(10(11)12)8(6)7-4-14-15-5-7/h6-7H,2-5H2,1H3,(H,11,12). The number of carbonyl (C=O) groups is 1. The van der Waals surface area contributed by atoms with Crippen molar-refractivity contribution < 1.29 is 24.4 Å². The molecule has 15 heavy (non-hydrogen) atoms. The van der Waals surface area contributed by atoms with Gasteiger partial charge in [-0.05, 0) is 17.9 Å². The van der Waals surface area contributed by atoms with Crippen molar-refractivity contribution in [3.8, 4) is 0 Å². The van der Waals surface area contributed by atoms with E-state index < -0.39 is 5.97 Å². The van der Waals surface area contributed by atoms with E-state index in [0.717, 1.165) is 12.0 Å². The molecule has 5 nitrogen and oxygen atoms in total. The van der Waals surface area contributed by atoms with Crippen molar-refractivity contribution in [1.29, 1.82) is 0 Å². The van der Waals surface area contributed by atoms with E-state index >= 15 is 0 Å². The molecule has 1 unspecified atom stereocenters. The first kappa shape index (κ1) is 10.4. The maximum absolute atomic E-state index is 11.0. The van der Waals surface area contributed by atoms with E-state index in [1.807, 2.05) is 6.92 Å². The smallest absolute Gasteiger partial charge is 0.371 e. The highest BCUT2D eigenvalue weighted by molar-refractivity contribution is 5.85. The van der Waals surface area contributed by atoms with Crippen molar-refractivity contribution in [2.75, 3.05) is 19.8 Å². The second kappa shape index (κ2) is 4.20. The van der Waals surface area contributed by atoms with Gasteiger partial charge in [0.1, 0.15) is 0 Å². The summed E-state index contributed by atoms with van der Waals surface area (Å²) in [7, 11) is 0. The summed E-state index contributed by atoms with van der Waals surface area (Å²) in [5.74, 6) is -0.664. The number of hydrogen-bond donors (Lipinski definition) is 1. The number of carboxylic acids is 1. The zero-order chi connectivity index (χ0) is 10.8. The largest absolute Gasteiger partial charge is 0.487 e. The zero-order valence-corrected chi connectivity index (χ0v) is 8.56. The highest BCUT2D eigenvalue weighted by atomic mass is 17.2. The van der Waals surface area contributed by atoms with Gasteiger partial charge in [0, 0.05) is 5.92 Å². The second-order valence-electron chi connectivity index (χ2n) is 3.89. The van der Waals surface area contributed by atoms with Crippen molar-refractivity contribution in [3.05, 3.63) is 11.3 Å². The fourth-order valence-electron chi connectivity index (χ4n) is 2.06. The molecule has 2 heterocycles. The Morgan fingerprint density at radius 1 is 1.40 bits per heavy atom. The van der Waals surface area contributed by atoms with Gasteiger partial charge in [-0.3, -0.25) is 0 Å². The average Bonchev–Trinajstić information content (AvgIpc) is 2.70. The molecule has 2 rings (SSSR count). The molecule has 0 bridgehead atoms. The summed E-state index contributed by atoms with van der Waals surface area (Å²) in [6.45, 7) is 3.32. The summed E-state index contributed by atoms with van der Waals surface area (Å²) in [6.07, 6.45) is 0.850. The predicted molar refractivity (Wildman–Crippen MR) is 49.8 cm³/mol. The summed E-state index contributed by atoms with van der Waals surface area (Å²) in [5, 5.41) is 9.02. The first-order valence-corrected chi connectivity index (χ1v) is 5.04. The highest BCUT2D eigenvalue weighted by Gasteiger charge is 2.34. The minimum Gasteiger partial charge on any atom is -0.487 e. The van der Waals surface area contributed by atoms with Gasteiger partial charge in [-0.15, -0.1) is 0 Å². The molecule has 5 heteroatoms. The average molecular weight is 214 g/mol. The number of carboxylic acid groups (broad SMARTS) is 1. The molecule has 1 atom stereocenters. The normalized spacial score (nSPS) is 27.9. The number of ether oxygens (including phenoxy) is 1. The monoisotopic (exact) mass is 214 g/mol. The molecule has 0 saturated carbocycles. The lowest BCUT2D eigenvalue weighted by atomic mass is 9.85. The topological polar surface area (TPSA) is 65.0 Å². The van der Waals surface area contributed by atoms with Crippen LogP contribution in [0.2, 0.25) is 0 Å². The molecular weight excluding hydrogens is 200 g/mol. The Bertz CT molecular complexity index is 290.